The molecule has 5 rings (SSSR count). The van der Waals surface area contributed by atoms with Crippen molar-refractivity contribution in [2.24, 2.45) is 7.05 Å². The SMILES string of the molecule is Cc1ncnc2c1ccn2C1OC(C(O)c2ccc3cnn(C)c3c2)C(O)C1O. The van der Waals surface area contributed by atoms with E-state index in [-0.39, 0.29) is 0 Å². The molecular formula is C20H21N5O4. The van der Waals surface area contributed by atoms with Gasteiger partial charge in [-0.1, -0.05) is 12.1 Å². The summed E-state index contributed by atoms with van der Waals surface area (Å²) in [5.41, 5.74) is 2.84. The Labute approximate surface area is 165 Å². The maximum atomic E-state index is 10.9. The molecule has 9 heteroatoms. The topological polar surface area (TPSA) is 118 Å². The molecule has 0 radical (unpaired) electrons. The van der Waals surface area contributed by atoms with E-state index in [0.29, 0.717) is 11.2 Å². The smallest absolute Gasteiger partial charge is 0.164 e. The summed E-state index contributed by atoms with van der Waals surface area (Å²) in [7, 11) is 1.82. The van der Waals surface area contributed by atoms with Crippen molar-refractivity contribution in [3.63, 3.8) is 0 Å². The number of ether oxygens (including phenoxy) is 1. The van der Waals surface area contributed by atoms with E-state index in [0.717, 1.165) is 22.0 Å². The number of hydrogen-bond donors (Lipinski definition) is 3. The first kappa shape index (κ1) is 18.2. The Morgan fingerprint density at radius 1 is 1.14 bits per heavy atom. The highest BCUT2D eigenvalue weighted by molar-refractivity contribution is 5.79. The minimum atomic E-state index is -1.27. The average molecular weight is 395 g/mol. The Kier molecular flexibility index (Phi) is 4.14. The third-order valence-corrected chi connectivity index (χ3v) is 5.68. The van der Waals surface area contributed by atoms with Crippen LogP contribution in [0.4, 0.5) is 0 Å². The largest absolute Gasteiger partial charge is 0.387 e. The van der Waals surface area contributed by atoms with E-state index in [2.05, 4.69) is 15.1 Å². The van der Waals surface area contributed by atoms with Gasteiger partial charge in [0.1, 0.15) is 36.4 Å². The molecule has 4 heterocycles. The summed E-state index contributed by atoms with van der Waals surface area (Å²) in [5.74, 6) is 0. The van der Waals surface area contributed by atoms with Gasteiger partial charge in [-0.2, -0.15) is 5.10 Å². The van der Waals surface area contributed by atoms with Crippen LogP contribution < -0.4 is 0 Å². The van der Waals surface area contributed by atoms with Crippen LogP contribution in [0.3, 0.4) is 0 Å². The summed E-state index contributed by atoms with van der Waals surface area (Å²) in [6, 6.07) is 7.28. The lowest BCUT2D eigenvalue weighted by atomic mass is 9.98. The molecule has 29 heavy (non-hydrogen) atoms. The molecule has 0 spiro atoms. The average Bonchev–Trinajstić information content (AvgIpc) is 3.39. The lowest BCUT2D eigenvalue weighted by Crippen LogP contribution is -2.34. The zero-order chi connectivity index (χ0) is 20.3. The monoisotopic (exact) mass is 395 g/mol. The molecule has 5 unspecified atom stereocenters. The molecule has 4 aromatic rings. The van der Waals surface area contributed by atoms with Crippen LogP contribution >= 0.6 is 0 Å². The van der Waals surface area contributed by atoms with Crippen LogP contribution in [0.25, 0.3) is 21.9 Å². The predicted molar refractivity (Wildman–Crippen MR) is 104 cm³/mol. The summed E-state index contributed by atoms with van der Waals surface area (Å²) >= 11 is 0. The Balaban J connectivity index is 1.48. The Morgan fingerprint density at radius 3 is 2.79 bits per heavy atom. The van der Waals surface area contributed by atoms with Crippen LogP contribution in [-0.2, 0) is 11.8 Å². The summed E-state index contributed by atoms with van der Waals surface area (Å²) < 4.78 is 9.32. The lowest BCUT2D eigenvalue weighted by Gasteiger charge is -2.21. The quantitative estimate of drug-likeness (QED) is 0.473. The number of benzene rings is 1. The van der Waals surface area contributed by atoms with Crippen LogP contribution in [0.1, 0.15) is 23.6 Å². The van der Waals surface area contributed by atoms with Crippen molar-refractivity contribution in [2.75, 3.05) is 0 Å². The Bertz CT molecular complexity index is 1200. The van der Waals surface area contributed by atoms with Crippen molar-refractivity contribution >= 4 is 21.9 Å². The van der Waals surface area contributed by atoms with Crippen LogP contribution in [-0.4, -0.2) is 57.9 Å². The van der Waals surface area contributed by atoms with E-state index < -0.39 is 30.6 Å². The van der Waals surface area contributed by atoms with Crippen LogP contribution in [0.5, 0.6) is 0 Å². The van der Waals surface area contributed by atoms with Gasteiger partial charge in [0.05, 0.1) is 17.4 Å². The van der Waals surface area contributed by atoms with Gasteiger partial charge in [-0.25, -0.2) is 9.97 Å². The first-order chi connectivity index (χ1) is 14.0. The molecular weight excluding hydrogens is 374 g/mol. The number of hydrogen-bond acceptors (Lipinski definition) is 7. The van der Waals surface area contributed by atoms with Gasteiger partial charge in [0, 0.05) is 24.0 Å². The van der Waals surface area contributed by atoms with Gasteiger partial charge in [-0.05, 0) is 24.6 Å². The first-order valence-corrected chi connectivity index (χ1v) is 9.35. The van der Waals surface area contributed by atoms with E-state index in [1.807, 2.05) is 32.2 Å². The molecule has 3 aromatic heterocycles. The fourth-order valence-electron chi connectivity index (χ4n) is 4.01. The van der Waals surface area contributed by atoms with Crippen LogP contribution in [0.15, 0.2) is 43.0 Å². The third kappa shape index (κ3) is 2.74. The van der Waals surface area contributed by atoms with Gasteiger partial charge < -0.3 is 24.6 Å². The van der Waals surface area contributed by atoms with Crippen molar-refractivity contribution in [3.8, 4) is 0 Å². The Hall–Kier alpha value is -2.85. The highest BCUT2D eigenvalue weighted by Gasteiger charge is 2.47. The van der Waals surface area contributed by atoms with Crippen LogP contribution in [0.2, 0.25) is 0 Å². The normalized spacial score (nSPS) is 25.8. The van der Waals surface area contributed by atoms with Crippen molar-refractivity contribution in [2.45, 2.75) is 37.6 Å². The lowest BCUT2D eigenvalue weighted by molar-refractivity contribution is -0.0848. The predicted octanol–water partition coefficient (Wildman–Crippen LogP) is 0.979. The van der Waals surface area contributed by atoms with E-state index in [1.54, 1.807) is 27.7 Å². The molecule has 0 amide bonds. The molecule has 5 atom stereocenters. The van der Waals surface area contributed by atoms with E-state index in [1.165, 1.54) is 6.33 Å². The standard InChI is InChI=1S/C20H21N5O4/c1-10-13-5-6-25(19(13)22-9-21-10)20-17(28)16(27)18(29-20)15(26)11-3-4-12-8-23-24(2)14(12)7-11/h3-9,15-18,20,26-28H,1-2H3. The molecule has 1 aliphatic heterocycles. The minimum absolute atomic E-state index is 0.577. The second-order valence-corrected chi connectivity index (χ2v) is 7.42. The maximum Gasteiger partial charge on any atom is 0.164 e. The number of aliphatic hydroxyl groups is 3. The molecule has 1 fully saturated rings. The van der Waals surface area contributed by atoms with Crippen molar-refractivity contribution in [1.29, 1.82) is 0 Å². The van der Waals surface area contributed by atoms with Gasteiger partial charge in [0.25, 0.3) is 0 Å². The second-order valence-electron chi connectivity index (χ2n) is 7.42. The van der Waals surface area contributed by atoms with Gasteiger partial charge in [0.2, 0.25) is 0 Å². The minimum Gasteiger partial charge on any atom is -0.387 e. The fraction of sp³-hybridized carbons (Fsp3) is 0.350. The van der Waals surface area contributed by atoms with E-state index >= 15 is 0 Å². The summed E-state index contributed by atoms with van der Waals surface area (Å²) in [5, 5.41) is 38.2. The molecule has 0 saturated carbocycles. The van der Waals surface area contributed by atoms with Crippen LogP contribution in [0, 0.1) is 6.92 Å². The van der Waals surface area contributed by atoms with Gasteiger partial charge >= 0.3 is 0 Å². The molecule has 1 aromatic carbocycles. The van der Waals surface area contributed by atoms with Crippen molar-refractivity contribution < 1.29 is 20.1 Å². The highest BCUT2D eigenvalue weighted by Crippen LogP contribution is 2.38. The first-order valence-electron chi connectivity index (χ1n) is 9.35. The van der Waals surface area contributed by atoms with Gasteiger partial charge in [-0.3, -0.25) is 4.68 Å². The molecule has 150 valence electrons. The second kappa shape index (κ2) is 6.60. The third-order valence-electron chi connectivity index (χ3n) is 5.68. The molecule has 1 saturated heterocycles. The molecule has 0 aliphatic carbocycles. The zero-order valence-corrected chi connectivity index (χ0v) is 15.9. The number of fused-ring (bicyclic) bond motifs is 2. The summed E-state index contributed by atoms with van der Waals surface area (Å²) in [6.07, 6.45) is -0.559. The number of rotatable bonds is 3. The van der Waals surface area contributed by atoms with Crippen molar-refractivity contribution in [3.05, 3.63) is 54.2 Å². The number of aryl methyl sites for hydroxylation is 2. The molecule has 1 aliphatic rings. The highest BCUT2D eigenvalue weighted by atomic mass is 16.6. The number of aromatic nitrogens is 5. The molecule has 0 bridgehead atoms. The molecule has 9 nitrogen and oxygen atoms in total. The van der Waals surface area contributed by atoms with E-state index in [4.69, 9.17) is 4.74 Å². The summed E-state index contributed by atoms with van der Waals surface area (Å²) in [6.45, 7) is 1.87. The van der Waals surface area contributed by atoms with Crippen molar-refractivity contribution in [1.82, 2.24) is 24.3 Å². The fourth-order valence-corrected chi connectivity index (χ4v) is 4.01. The molecule has 3 N–H and O–H groups in total. The zero-order valence-electron chi connectivity index (χ0n) is 15.9. The number of aliphatic hydroxyl groups excluding tert-OH is 3. The van der Waals surface area contributed by atoms with E-state index in [9.17, 15) is 15.3 Å². The maximum absolute atomic E-state index is 10.9. The summed E-state index contributed by atoms with van der Waals surface area (Å²) in [4.78, 5) is 8.45. The Morgan fingerprint density at radius 2 is 1.97 bits per heavy atom. The van der Waals surface area contributed by atoms with Gasteiger partial charge in [-0.15, -0.1) is 0 Å². The number of nitrogens with zero attached hydrogens (tertiary/aromatic N) is 5. The van der Waals surface area contributed by atoms with Gasteiger partial charge in [0.15, 0.2) is 6.23 Å².